The van der Waals surface area contributed by atoms with Crippen LogP contribution < -0.4 is 9.47 Å². The van der Waals surface area contributed by atoms with Gasteiger partial charge >= 0.3 is 5.97 Å². The highest BCUT2D eigenvalue weighted by molar-refractivity contribution is 7.12. The van der Waals surface area contributed by atoms with Gasteiger partial charge in [-0.3, -0.25) is 14.4 Å². The van der Waals surface area contributed by atoms with Crippen LogP contribution in [-0.2, 0) is 9.53 Å². The number of hydrogen-bond donors (Lipinski definition) is 0. The third kappa shape index (κ3) is 4.74. The molecule has 0 aliphatic carbocycles. The highest BCUT2D eigenvalue weighted by Crippen LogP contribution is 2.30. The van der Waals surface area contributed by atoms with Gasteiger partial charge in [-0.05, 0) is 38.1 Å². The van der Waals surface area contributed by atoms with E-state index in [0.29, 0.717) is 35.8 Å². The van der Waals surface area contributed by atoms with Crippen molar-refractivity contribution in [2.24, 2.45) is 0 Å². The second kappa shape index (κ2) is 8.35. The monoisotopic (exact) mass is 388 g/mol. The number of carbonyl (C=O) groups excluding carboxylic acids is 3. The summed E-state index contributed by atoms with van der Waals surface area (Å²) in [5.41, 5.74) is 1.03. The van der Waals surface area contributed by atoms with Gasteiger partial charge in [0, 0.05) is 27.3 Å². The molecule has 0 saturated carbocycles. The molecule has 1 aliphatic rings. The Hall–Kier alpha value is -2.67. The van der Waals surface area contributed by atoms with E-state index in [-0.39, 0.29) is 31.0 Å². The van der Waals surface area contributed by atoms with Gasteiger partial charge in [0.15, 0.2) is 29.7 Å². The van der Waals surface area contributed by atoms with Crippen LogP contribution in [0.3, 0.4) is 0 Å². The molecule has 2 aromatic rings. The first-order valence-electron chi connectivity index (χ1n) is 8.63. The molecule has 6 nitrogen and oxygen atoms in total. The van der Waals surface area contributed by atoms with E-state index < -0.39 is 5.97 Å². The van der Waals surface area contributed by atoms with E-state index in [1.807, 2.05) is 19.9 Å². The molecular formula is C20H20O6S. The van der Waals surface area contributed by atoms with Gasteiger partial charge in [-0.25, -0.2) is 0 Å². The number of benzene rings is 1. The van der Waals surface area contributed by atoms with Crippen molar-refractivity contribution in [2.45, 2.75) is 26.7 Å². The molecule has 0 saturated heterocycles. The van der Waals surface area contributed by atoms with E-state index in [4.69, 9.17) is 14.2 Å². The maximum absolute atomic E-state index is 12.2. The Bertz CT molecular complexity index is 883. The predicted octanol–water partition coefficient (Wildman–Crippen LogP) is 3.53. The molecule has 0 unspecified atom stereocenters. The predicted molar refractivity (Wildman–Crippen MR) is 100 cm³/mol. The smallest absolute Gasteiger partial charge is 0.306 e. The van der Waals surface area contributed by atoms with Crippen molar-refractivity contribution in [1.29, 1.82) is 0 Å². The SMILES string of the molecule is Cc1cc(C(=O)CCC(=O)OCC(=O)c2ccc3c(c2)OCCO3)c(C)s1. The minimum atomic E-state index is -0.571. The zero-order valence-corrected chi connectivity index (χ0v) is 16.0. The molecule has 0 bridgehead atoms. The van der Waals surface area contributed by atoms with Crippen molar-refractivity contribution < 1.29 is 28.6 Å². The first-order chi connectivity index (χ1) is 12.9. The molecule has 1 aromatic heterocycles. The summed E-state index contributed by atoms with van der Waals surface area (Å²) >= 11 is 1.55. The van der Waals surface area contributed by atoms with Crippen LogP contribution in [-0.4, -0.2) is 37.4 Å². The van der Waals surface area contributed by atoms with E-state index in [2.05, 4.69) is 0 Å². The number of fused-ring (bicyclic) bond motifs is 1. The van der Waals surface area contributed by atoms with E-state index in [1.165, 1.54) is 0 Å². The maximum Gasteiger partial charge on any atom is 0.306 e. The molecule has 142 valence electrons. The molecule has 3 rings (SSSR count). The number of Topliss-reactive ketones (excluding diaryl/α,β-unsaturated/α-hetero) is 2. The Labute approximate surface area is 161 Å². The lowest BCUT2D eigenvalue weighted by atomic mass is 10.1. The number of esters is 1. The lowest BCUT2D eigenvalue weighted by Gasteiger charge is -2.18. The van der Waals surface area contributed by atoms with Crippen molar-refractivity contribution in [3.8, 4) is 11.5 Å². The molecule has 1 aliphatic heterocycles. The fourth-order valence-corrected chi connectivity index (χ4v) is 3.72. The Morgan fingerprint density at radius 2 is 1.74 bits per heavy atom. The summed E-state index contributed by atoms with van der Waals surface area (Å²) in [6.07, 6.45) is 0.00957. The van der Waals surface area contributed by atoms with Crippen molar-refractivity contribution >= 4 is 28.9 Å². The quantitative estimate of drug-likeness (QED) is 0.533. The van der Waals surface area contributed by atoms with Gasteiger partial charge in [-0.2, -0.15) is 0 Å². The molecule has 1 aromatic carbocycles. The molecule has 0 spiro atoms. The van der Waals surface area contributed by atoms with Crippen molar-refractivity contribution in [3.63, 3.8) is 0 Å². The zero-order valence-electron chi connectivity index (χ0n) is 15.2. The summed E-state index contributed by atoms with van der Waals surface area (Å²) in [7, 11) is 0. The van der Waals surface area contributed by atoms with E-state index in [1.54, 1.807) is 29.5 Å². The molecule has 0 N–H and O–H groups in total. The standard InChI is InChI=1S/C20H20O6S/c1-12-9-15(13(2)27-12)16(21)4-6-20(23)26-11-17(22)14-3-5-18-19(10-14)25-8-7-24-18/h3,5,9-10H,4,6-8,11H2,1-2H3. The van der Waals surface area contributed by atoms with Gasteiger partial charge in [0.1, 0.15) is 13.2 Å². The number of rotatable bonds is 7. The van der Waals surface area contributed by atoms with Crippen LogP contribution in [0, 0.1) is 13.8 Å². The van der Waals surface area contributed by atoms with Crippen LogP contribution in [0.5, 0.6) is 11.5 Å². The normalized spacial score (nSPS) is 12.5. The fraction of sp³-hybridized carbons (Fsp3) is 0.350. The molecule has 7 heteroatoms. The van der Waals surface area contributed by atoms with Crippen LogP contribution in [0.2, 0.25) is 0 Å². The second-order valence-corrected chi connectivity index (χ2v) is 7.65. The first kappa shape index (κ1) is 19.1. The van der Waals surface area contributed by atoms with Gasteiger partial charge in [-0.15, -0.1) is 11.3 Å². The minimum Gasteiger partial charge on any atom is -0.486 e. The average molecular weight is 388 g/mol. The average Bonchev–Trinajstić information content (AvgIpc) is 3.01. The number of carbonyl (C=O) groups is 3. The number of ketones is 2. The maximum atomic E-state index is 12.2. The van der Waals surface area contributed by atoms with E-state index in [0.717, 1.165) is 9.75 Å². The third-order valence-electron chi connectivity index (χ3n) is 4.13. The number of ether oxygens (including phenoxy) is 3. The van der Waals surface area contributed by atoms with Gasteiger partial charge in [0.25, 0.3) is 0 Å². The summed E-state index contributed by atoms with van der Waals surface area (Å²) in [5, 5.41) is 0. The molecule has 0 fully saturated rings. The summed E-state index contributed by atoms with van der Waals surface area (Å²) in [4.78, 5) is 38.3. The van der Waals surface area contributed by atoms with Gasteiger partial charge in [-0.1, -0.05) is 0 Å². The lowest BCUT2D eigenvalue weighted by molar-refractivity contribution is -0.142. The number of hydrogen-bond acceptors (Lipinski definition) is 7. The molecular weight excluding hydrogens is 368 g/mol. The van der Waals surface area contributed by atoms with Crippen molar-refractivity contribution in [3.05, 3.63) is 45.1 Å². The van der Waals surface area contributed by atoms with Crippen LogP contribution >= 0.6 is 11.3 Å². The van der Waals surface area contributed by atoms with Gasteiger partial charge < -0.3 is 14.2 Å². The van der Waals surface area contributed by atoms with E-state index in [9.17, 15) is 14.4 Å². The molecule has 0 atom stereocenters. The third-order valence-corrected chi connectivity index (χ3v) is 5.09. The van der Waals surface area contributed by atoms with Crippen LogP contribution in [0.15, 0.2) is 24.3 Å². The van der Waals surface area contributed by atoms with Crippen LogP contribution in [0.1, 0.15) is 43.3 Å². The van der Waals surface area contributed by atoms with Crippen molar-refractivity contribution in [2.75, 3.05) is 19.8 Å². The first-order valence-corrected chi connectivity index (χ1v) is 9.44. The Morgan fingerprint density at radius 1 is 1.00 bits per heavy atom. The molecule has 0 radical (unpaired) electrons. The highest BCUT2D eigenvalue weighted by atomic mass is 32.1. The lowest BCUT2D eigenvalue weighted by Crippen LogP contribution is -2.17. The summed E-state index contributed by atoms with van der Waals surface area (Å²) < 4.78 is 15.9. The number of thiophene rings is 1. The number of aryl methyl sites for hydroxylation is 2. The topological polar surface area (TPSA) is 78.9 Å². The largest absolute Gasteiger partial charge is 0.486 e. The van der Waals surface area contributed by atoms with Crippen LogP contribution in [0.25, 0.3) is 0 Å². The minimum absolute atomic E-state index is 0.0540. The Morgan fingerprint density at radius 3 is 2.44 bits per heavy atom. The summed E-state index contributed by atoms with van der Waals surface area (Å²) in [6, 6.07) is 6.68. The highest BCUT2D eigenvalue weighted by Gasteiger charge is 2.18. The summed E-state index contributed by atoms with van der Waals surface area (Å²) in [6.45, 7) is 4.35. The Balaban J connectivity index is 1.48. The van der Waals surface area contributed by atoms with Crippen molar-refractivity contribution in [1.82, 2.24) is 0 Å². The zero-order chi connectivity index (χ0) is 19.4. The molecule has 27 heavy (non-hydrogen) atoms. The summed E-state index contributed by atoms with van der Waals surface area (Å²) in [5.74, 6) is 0.0967. The molecule has 0 amide bonds. The van der Waals surface area contributed by atoms with Gasteiger partial charge in [0.05, 0.1) is 6.42 Å². The molecule has 2 heterocycles. The second-order valence-electron chi connectivity index (χ2n) is 6.19. The van der Waals surface area contributed by atoms with Gasteiger partial charge in [0.2, 0.25) is 0 Å². The van der Waals surface area contributed by atoms with E-state index >= 15 is 0 Å². The van der Waals surface area contributed by atoms with Crippen LogP contribution in [0.4, 0.5) is 0 Å². The Kier molecular flexibility index (Phi) is 5.91. The fourth-order valence-electron chi connectivity index (χ4n) is 2.78.